The van der Waals surface area contributed by atoms with Crippen molar-refractivity contribution in [2.24, 2.45) is 0 Å². The van der Waals surface area contributed by atoms with Gasteiger partial charge in [0, 0.05) is 12.1 Å². The Morgan fingerprint density at radius 3 is 2.43 bits per heavy atom. The van der Waals surface area contributed by atoms with Gasteiger partial charge in [-0.2, -0.15) is 0 Å². The van der Waals surface area contributed by atoms with Crippen molar-refractivity contribution >= 4 is 11.7 Å². The smallest absolute Gasteiger partial charge is 0.356 e. The Morgan fingerprint density at radius 2 is 1.87 bits per heavy atom. The lowest BCUT2D eigenvalue weighted by Crippen LogP contribution is -2.65. The van der Waals surface area contributed by atoms with Crippen LogP contribution in [0.1, 0.15) is 19.7 Å². The second kappa shape index (κ2) is 8.13. The van der Waals surface area contributed by atoms with Crippen molar-refractivity contribution in [3.8, 4) is 11.3 Å². The van der Waals surface area contributed by atoms with Crippen LogP contribution in [0.5, 0.6) is 0 Å². The van der Waals surface area contributed by atoms with Gasteiger partial charge in [0.2, 0.25) is 5.91 Å². The van der Waals surface area contributed by atoms with E-state index in [2.05, 4.69) is 20.0 Å². The molecule has 1 aromatic heterocycles. The lowest BCUT2D eigenvalue weighted by Gasteiger charge is -2.46. The molecule has 3 atom stereocenters. The summed E-state index contributed by atoms with van der Waals surface area (Å²) in [5.74, 6) is -1.86. The quantitative estimate of drug-likeness (QED) is 0.734. The first-order chi connectivity index (χ1) is 14.0. The van der Waals surface area contributed by atoms with Crippen molar-refractivity contribution in [1.29, 1.82) is 0 Å². The fraction of sp³-hybridized carbons (Fsp3) is 0.421. The molecule has 0 bridgehead atoms. The van der Waals surface area contributed by atoms with Gasteiger partial charge in [0.15, 0.2) is 11.6 Å². The van der Waals surface area contributed by atoms with Crippen LogP contribution >= 0.6 is 0 Å². The number of hydrogen-bond donors (Lipinski definition) is 1. The van der Waals surface area contributed by atoms with Crippen molar-refractivity contribution in [1.82, 2.24) is 14.9 Å². The molecule has 2 aromatic rings. The van der Waals surface area contributed by atoms with Crippen molar-refractivity contribution in [3.05, 3.63) is 41.7 Å². The highest BCUT2D eigenvalue weighted by Gasteiger charge is 2.46. The largest absolute Gasteiger partial charge is 0.522 e. The first kappa shape index (κ1) is 21.9. The zero-order chi connectivity index (χ0) is 22.2. The molecule has 0 saturated carbocycles. The third-order valence-corrected chi connectivity index (χ3v) is 4.78. The van der Waals surface area contributed by atoms with Crippen molar-refractivity contribution in [2.45, 2.75) is 45.3 Å². The van der Waals surface area contributed by atoms with E-state index in [-0.39, 0.29) is 23.9 Å². The second-order valence-electron chi connectivity index (χ2n) is 6.99. The fourth-order valence-corrected chi connectivity index (χ4v) is 3.14. The van der Waals surface area contributed by atoms with Gasteiger partial charge in [-0.1, -0.05) is 0 Å². The topological polar surface area (TPSA) is 67.4 Å². The molecule has 0 spiro atoms. The summed E-state index contributed by atoms with van der Waals surface area (Å²) >= 11 is 0. The van der Waals surface area contributed by atoms with E-state index in [0.29, 0.717) is 5.56 Å². The molecular weight excluding hydrogens is 411 g/mol. The Hall–Kier alpha value is -2.82. The highest BCUT2D eigenvalue weighted by Crippen LogP contribution is 2.30. The SMILES string of the molecule is Cc1nc(N[C@H](C)C(=O)N2C[C@H](OC(F)(F)F)[C@@H]2C)c(F)c(-c2ccc(F)cc2)n1. The molecule has 0 radical (unpaired) electrons. The van der Waals surface area contributed by atoms with Gasteiger partial charge >= 0.3 is 6.36 Å². The van der Waals surface area contributed by atoms with Crippen LogP contribution in [0.15, 0.2) is 24.3 Å². The molecule has 162 valence electrons. The Morgan fingerprint density at radius 1 is 1.23 bits per heavy atom. The van der Waals surface area contributed by atoms with E-state index in [0.717, 1.165) is 12.1 Å². The predicted molar refractivity (Wildman–Crippen MR) is 97.3 cm³/mol. The number of carbonyl (C=O) groups excluding carboxylic acids is 1. The zero-order valence-corrected chi connectivity index (χ0v) is 16.3. The summed E-state index contributed by atoms with van der Waals surface area (Å²) < 4.78 is 69.0. The summed E-state index contributed by atoms with van der Waals surface area (Å²) in [5, 5.41) is 2.65. The number of rotatable bonds is 5. The van der Waals surface area contributed by atoms with E-state index in [9.17, 15) is 26.7 Å². The normalized spacial score (nSPS) is 19.9. The lowest BCUT2D eigenvalue weighted by atomic mass is 10.00. The number of carbonyl (C=O) groups is 1. The van der Waals surface area contributed by atoms with E-state index in [1.807, 2.05) is 0 Å². The summed E-state index contributed by atoms with van der Waals surface area (Å²) in [4.78, 5) is 21.8. The number of nitrogens with one attached hydrogen (secondary N) is 1. The number of ether oxygens (including phenoxy) is 1. The van der Waals surface area contributed by atoms with E-state index >= 15 is 0 Å². The number of nitrogens with zero attached hydrogens (tertiary/aromatic N) is 3. The highest BCUT2D eigenvalue weighted by atomic mass is 19.4. The molecular formula is C19H19F5N4O2. The van der Waals surface area contributed by atoms with Crippen LogP contribution in [0.3, 0.4) is 0 Å². The van der Waals surface area contributed by atoms with Crippen LogP contribution in [0.25, 0.3) is 11.3 Å². The molecule has 1 aliphatic rings. The maximum absolute atomic E-state index is 14.9. The monoisotopic (exact) mass is 430 g/mol. The number of benzene rings is 1. The molecule has 1 N–H and O–H groups in total. The van der Waals surface area contributed by atoms with Crippen LogP contribution in [-0.4, -0.2) is 51.9 Å². The number of alkyl halides is 3. The predicted octanol–water partition coefficient (Wildman–Crippen LogP) is 3.67. The minimum atomic E-state index is -4.78. The van der Waals surface area contributed by atoms with Gasteiger partial charge in [-0.05, 0) is 45.0 Å². The molecule has 0 unspecified atom stereocenters. The standard InChI is InChI=1S/C19H19F5N4O2/c1-9(18(29)28-8-14(10(28)2)30-19(22,23)24)25-17-15(21)16(26-11(3)27-17)12-4-6-13(20)7-5-12/h4-7,9-10,14H,8H2,1-3H3,(H,25,26,27)/t9-,10+,14+/m1/s1. The van der Waals surface area contributed by atoms with Crippen molar-refractivity contribution < 1.29 is 31.5 Å². The minimum absolute atomic E-state index is 0.0689. The van der Waals surface area contributed by atoms with E-state index < -0.39 is 42.1 Å². The molecule has 1 aromatic carbocycles. The van der Waals surface area contributed by atoms with Crippen molar-refractivity contribution in [3.63, 3.8) is 0 Å². The fourth-order valence-electron chi connectivity index (χ4n) is 3.14. The molecule has 2 heterocycles. The molecule has 1 saturated heterocycles. The first-order valence-corrected chi connectivity index (χ1v) is 9.08. The number of aryl methyl sites for hydroxylation is 1. The first-order valence-electron chi connectivity index (χ1n) is 9.08. The maximum Gasteiger partial charge on any atom is 0.522 e. The molecule has 11 heteroatoms. The zero-order valence-electron chi connectivity index (χ0n) is 16.3. The van der Waals surface area contributed by atoms with Crippen LogP contribution < -0.4 is 5.32 Å². The molecule has 3 rings (SSSR count). The number of amides is 1. The van der Waals surface area contributed by atoms with Crippen LogP contribution in [0, 0.1) is 18.6 Å². The number of likely N-dealkylation sites (tertiary alicyclic amines) is 1. The third-order valence-electron chi connectivity index (χ3n) is 4.78. The Kier molecular flexibility index (Phi) is 5.93. The average molecular weight is 430 g/mol. The molecule has 6 nitrogen and oxygen atoms in total. The van der Waals surface area contributed by atoms with Gasteiger partial charge in [-0.3, -0.25) is 9.53 Å². The summed E-state index contributed by atoms with van der Waals surface area (Å²) in [6.45, 7) is 4.19. The van der Waals surface area contributed by atoms with Gasteiger partial charge < -0.3 is 10.2 Å². The molecule has 1 fully saturated rings. The highest BCUT2D eigenvalue weighted by molar-refractivity contribution is 5.85. The van der Waals surface area contributed by atoms with Gasteiger partial charge in [0.05, 0.1) is 6.04 Å². The number of halogens is 5. The number of hydrogen-bond acceptors (Lipinski definition) is 5. The van der Waals surface area contributed by atoms with Gasteiger partial charge in [-0.15, -0.1) is 13.2 Å². The minimum Gasteiger partial charge on any atom is -0.356 e. The molecule has 0 aliphatic carbocycles. The van der Waals surface area contributed by atoms with Crippen molar-refractivity contribution in [2.75, 3.05) is 11.9 Å². The molecule has 30 heavy (non-hydrogen) atoms. The van der Waals surface area contributed by atoms with Crippen LogP contribution in [0.4, 0.5) is 27.8 Å². The van der Waals surface area contributed by atoms with Gasteiger partial charge in [-0.25, -0.2) is 18.7 Å². The van der Waals surface area contributed by atoms with Crippen LogP contribution in [0.2, 0.25) is 0 Å². The summed E-state index contributed by atoms with van der Waals surface area (Å²) in [7, 11) is 0. The van der Waals surface area contributed by atoms with Crippen LogP contribution in [-0.2, 0) is 9.53 Å². The summed E-state index contributed by atoms with van der Waals surface area (Å²) in [6, 6.07) is 3.30. The Labute approximate surface area is 169 Å². The van der Waals surface area contributed by atoms with E-state index in [4.69, 9.17) is 0 Å². The molecule has 1 amide bonds. The average Bonchev–Trinajstić information content (AvgIpc) is 2.66. The summed E-state index contributed by atoms with van der Waals surface area (Å²) in [6.07, 6.45) is -5.93. The number of anilines is 1. The van der Waals surface area contributed by atoms with E-state index in [1.54, 1.807) is 0 Å². The summed E-state index contributed by atoms with van der Waals surface area (Å²) in [5.41, 5.74) is 0.255. The molecule has 1 aliphatic heterocycles. The Bertz CT molecular complexity index is 936. The van der Waals surface area contributed by atoms with E-state index in [1.165, 1.54) is 37.8 Å². The maximum atomic E-state index is 14.9. The van der Waals surface area contributed by atoms with Gasteiger partial charge in [0.1, 0.15) is 29.5 Å². The Balaban J connectivity index is 1.73. The number of aromatic nitrogens is 2. The van der Waals surface area contributed by atoms with Gasteiger partial charge in [0.25, 0.3) is 0 Å². The third kappa shape index (κ3) is 4.66. The second-order valence-corrected chi connectivity index (χ2v) is 6.99. The lowest BCUT2D eigenvalue weighted by molar-refractivity contribution is -0.359.